The zero-order valence-electron chi connectivity index (χ0n) is 13.3. The maximum Gasteiger partial charge on any atom is 0.253 e. The Balaban J connectivity index is 2.16. The van der Waals surface area contributed by atoms with Crippen molar-refractivity contribution in [3.63, 3.8) is 0 Å². The quantitative estimate of drug-likeness (QED) is 0.408. The standard InChI is InChI=1S/C17H25NO4/c1-18(22-2)17(21)13-16(20)12-15(19)11-7-6-10-14-8-4-3-5-9-14/h3-5,8-9,15,19H,6-7,10-13H2,1-2H3/t15-/m1/s1. The third kappa shape index (κ3) is 7.33. The predicted molar refractivity (Wildman–Crippen MR) is 84.0 cm³/mol. The number of ketones is 1. The Morgan fingerprint density at radius 2 is 1.91 bits per heavy atom. The number of carbonyl (C=O) groups excluding carboxylic acids is 2. The van der Waals surface area contributed by atoms with E-state index >= 15 is 0 Å². The summed E-state index contributed by atoms with van der Waals surface area (Å²) in [5, 5.41) is 10.9. The van der Waals surface area contributed by atoms with Crippen LogP contribution >= 0.6 is 0 Å². The summed E-state index contributed by atoms with van der Waals surface area (Å²) in [5.74, 6) is -0.659. The molecule has 0 aliphatic carbocycles. The minimum atomic E-state index is -0.677. The van der Waals surface area contributed by atoms with Crippen molar-refractivity contribution in [2.24, 2.45) is 0 Å². The van der Waals surface area contributed by atoms with Gasteiger partial charge in [0.2, 0.25) is 0 Å². The zero-order valence-corrected chi connectivity index (χ0v) is 13.3. The van der Waals surface area contributed by atoms with Crippen LogP contribution in [0.5, 0.6) is 0 Å². The van der Waals surface area contributed by atoms with Crippen LogP contribution in [0, 0.1) is 0 Å². The van der Waals surface area contributed by atoms with Gasteiger partial charge in [-0.2, -0.15) is 0 Å². The first-order valence-electron chi connectivity index (χ1n) is 7.57. The number of hydroxylamine groups is 2. The molecule has 0 radical (unpaired) electrons. The molecule has 1 amide bonds. The molecule has 5 nitrogen and oxygen atoms in total. The number of amides is 1. The van der Waals surface area contributed by atoms with Gasteiger partial charge in [-0.05, 0) is 24.8 Å². The average molecular weight is 307 g/mol. The van der Waals surface area contributed by atoms with Gasteiger partial charge in [-0.1, -0.05) is 36.8 Å². The average Bonchev–Trinajstić information content (AvgIpc) is 2.51. The van der Waals surface area contributed by atoms with Crippen molar-refractivity contribution in [2.75, 3.05) is 14.2 Å². The molecular weight excluding hydrogens is 282 g/mol. The first-order valence-corrected chi connectivity index (χ1v) is 7.57. The molecule has 0 fully saturated rings. The fourth-order valence-electron chi connectivity index (χ4n) is 2.17. The van der Waals surface area contributed by atoms with E-state index in [1.54, 1.807) is 0 Å². The molecule has 0 heterocycles. The molecule has 122 valence electrons. The number of hydrogen-bond donors (Lipinski definition) is 1. The number of hydrogen-bond acceptors (Lipinski definition) is 4. The lowest BCUT2D eigenvalue weighted by atomic mass is 10.0. The molecule has 0 saturated carbocycles. The SMILES string of the molecule is CON(C)C(=O)CC(=O)C[C@H](O)CCCCc1ccccc1. The van der Waals surface area contributed by atoms with Crippen molar-refractivity contribution >= 4 is 11.7 Å². The number of aliphatic hydroxyl groups is 1. The minimum Gasteiger partial charge on any atom is -0.393 e. The molecule has 1 aromatic carbocycles. The van der Waals surface area contributed by atoms with E-state index in [1.165, 1.54) is 19.7 Å². The second-order valence-corrected chi connectivity index (χ2v) is 5.38. The van der Waals surface area contributed by atoms with Crippen LogP contribution in [0.1, 0.15) is 37.7 Å². The van der Waals surface area contributed by atoms with Crippen LogP contribution in [0.2, 0.25) is 0 Å². The van der Waals surface area contributed by atoms with E-state index in [1.807, 2.05) is 18.2 Å². The molecule has 0 saturated heterocycles. The van der Waals surface area contributed by atoms with Crippen molar-refractivity contribution in [3.8, 4) is 0 Å². The highest BCUT2D eigenvalue weighted by Crippen LogP contribution is 2.10. The summed E-state index contributed by atoms with van der Waals surface area (Å²) >= 11 is 0. The molecule has 0 aliphatic heterocycles. The van der Waals surface area contributed by atoms with Gasteiger partial charge >= 0.3 is 0 Å². The van der Waals surface area contributed by atoms with Crippen molar-refractivity contribution in [1.29, 1.82) is 0 Å². The van der Waals surface area contributed by atoms with E-state index in [0.717, 1.165) is 24.3 Å². The predicted octanol–water partition coefficient (Wildman–Crippen LogP) is 2.13. The van der Waals surface area contributed by atoms with Crippen molar-refractivity contribution < 1.29 is 19.5 Å². The lowest BCUT2D eigenvalue weighted by Crippen LogP contribution is -2.28. The summed E-state index contributed by atoms with van der Waals surface area (Å²) in [6.07, 6.45) is 2.49. The van der Waals surface area contributed by atoms with E-state index in [2.05, 4.69) is 12.1 Å². The molecule has 5 heteroatoms. The van der Waals surface area contributed by atoms with Gasteiger partial charge < -0.3 is 5.11 Å². The third-order valence-corrected chi connectivity index (χ3v) is 3.53. The number of benzene rings is 1. The molecule has 1 N–H and O–H groups in total. The van der Waals surface area contributed by atoms with Gasteiger partial charge in [-0.3, -0.25) is 14.4 Å². The lowest BCUT2D eigenvalue weighted by Gasteiger charge is -2.14. The summed E-state index contributed by atoms with van der Waals surface area (Å²) in [7, 11) is 2.82. The van der Waals surface area contributed by atoms with Crippen LogP contribution in [0.15, 0.2) is 30.3 Å². The highest BCUT2D eigenvalue weighted by Gasteiger charge is 2.17. The number of Topliss-reactive ketones (excluding diaryl/α,β-unsaturated/α-hetero) is 1. The van der Waals surface area contributed by atoms with Crippen LogP contribution in [0.25, 0.3) is 0 Å². The van der Waals surface area contributed by atoms with E-state index in [-0.39, 0.29) is 18.6 Å². The summed E-state index contributed by atoms with van der Waals surface area (Å²) in [5.41, 5.74) is 1.28. The molecule has 1 rings (SSSR count). The Morgan fingerprint density at radius 1 is 1.23 bits per heavy atom. The van der Waals surface area contributed by atoms with Gasteiger partial charge in [0.25, 0.3) is 5.91 Å². The molecule has 0 bridgehead atoms. The van der Waals surface area contributed by atoms with Crippen LogP contribution in [-0.4, -0.2) is 42.1 Å². The number of unbranched alkanes of at least 4 members (excludes halogenated alkanes) is 1. The molecule has 0 aromatic heterocycles. The van der Waals surface area contributed by atoms with E-state index in [9.17, 15) is 14.7 Å². The van der Waals surface area contributed by atoms with Crippen molar-refractivity contribution in [1.82, 2.24) is 5.06 Å². The Hall–Kier alpha value is -1.72. The topological polar surface area (TPSA) is 66.8 Å². The fraction of sp³-hybridized carbons (Fsp3) is 0.529. The van der Waals surface area contributed by atoms with Gasteiger partial charge in [-0.25, -0.2) is 5.06 Å². The third-order valence-electron chi connectivity index (χ3n) is 3.53. The van der Waals surface area contributed by atoms with Crippen molar-refractivity contribution in [2.45, 2.75) is 44.6 Å². The summed E-state index contributed by atoms with van der Waals surface area (Å²) in [6.45, 7) is 0. The van der Waals surface area contributed by atoms with Gasteiger partial charge in [0.1, 0.15) is 5.78 Å². The summed E-state index contributed by atoms with van der Waals surface area (Å²) < 4.78 is 0. The molecule has 22 heavy (non-hydrogen) atoms. The first kappa shape index (κ1) is 18.3. The minimum absolute atomic E-state index is 0.0225. The highest BCUT2D eigenvalue weighted by molar-refractivity contribution is 5.97. The molecular formula is C17H25NO4. The molecule has 1 aromatic rings. The lowest BCUT2D eigenvalue weighted by molar-refractivity contribution is -0.169. The van der Waals surface area contributed by atoms with Gasteiger partial charge in [0, 0.05) is 13.5 Å². The van der Waals surface area contributed by atoms with Crippen LogP contribution in [0.3, 0.4) is 0 Å². The molecule has 0 unspecified atom stereocenters. The van der Waals surface area contributed by atoms with E-state index in [4.69, 9.17) is 4.84 Å². The number of nitrogens with zero attached hydrogens (tertiary/aromatic N) is 1. The Kier molecular flexibility index (Phi) is 8.40. The maximum absolute atomic E-state index is 11.7. The van der Waals surface area contributed by atoms with Crippen molar-refractivity contribution in [3.05, 3.63) is 35.9 Å². The van der Waals surface area contributed by atoms with Crippen LogP contribution < -0.4 is 0 Å². The van der Waals surface area contributed by atoms with E-state index in [0.29, 0.717) is 6.42 Å². The monoisotopic (exact) mass is 307 g/mol. The molecule has 0 aliphatic rings. The van der Waals surface area contributed by atoms with Crippen LogP contribution in [-0.2, 0) is 20.8 Å². The van der Waals surface area contributed by atoms with E-state index < -0.39 is 12.0 Å². The number of aryl methyl sites for hydroxylation is 1. The largest absolute Gasteiger partial charge is 0.393 e. The van der Waals surface area contributed by atoms with Gasteiger partial charge in [-0.15, -0.1) is 0 Å². The van der Waals surface area contributed by atoms with Gasteiger partial charge in [0.15, 0.2) is 0 Å². The maximum atomic E-state index is 11.7. The number of carbonyl (C=O) groups is 2. The van der Waals surface area contributed by atoms with Gasteiger partial charge in [0.05, 0.1) is 19.6 Å². The number of rotatable bonds is 10. The second kappa shape index (κ2) is 10.1. The molecule has 0 spiro atoms. The normalized spacial score (nSPS) is 12.0. The van der Waals surface area contributed by atoms with Crippen LogP contribution in [0.4, 0.5) is 0 Å². The summed E-state index contributed by atoms with van der Waals surface area (Å²) in [4.78, 5) is 27.9. The zero-order chi connectivity index (χ0) is 16.4. The molecule has 1 atom stereocenters. The Labute approximate surface area is 131 Å². The number of aliphatic hydroxyl groups excluding tert-OH is 1. The highest BCUT2D eigenvalue weighted by atomic mass is 16.7. The smallest absolute Gasteiger partial charge is 0.253 e. The Morgan fingerprint density at radius 3 is 2.55 bits per heavy atom. The second-order valence-electron chi connectivity index (χ2n) is 5.38. The summed E-state index contributed by atoms with van der Waals surface area (Å²) in [6, 6.07) is 10.2. The first-order chi connectivity index (χ1) is 10.5. The fourth-order valence-corrected chi connectivity index (χ4v) is 2.17. The Bertz CT molecular complexity index is 461.